The van der Waals surface area contributed by atoms with Crippen LogP contribution in [0.1, 0.15) is 54.1 Å². The van der Waals surface area contributed by atoms with E-state index in [1.54, 1.807) is 18.2 Å². The molecule has 1 aliphatic heterocycles. The van der Waals surface area contributed by atoms with E-state index in [9.17, 15) is 9.59 Å². The molecule has 0 radical (unpaired) electrons. The maximum absolute atomic E-state index is 12.3. The van der Waals surface area contributed by atoms with E-state index in [-0.39, 0.29) is 18.0 Å². The minimum absolute atomic E-state index is 0.214. The molecule has 0 saturated heterocycles. The van der Waals surface area contributed by atoms with Gasteiger partial charge in [-0.1, -0.05) is 18.0 Å². The second-order valence-corrected chi connectivity index (χ2v) is 7.98. The van der Waals surface area contributed by atoms with Gasteiger partial charge in [-0.05, 0) is 43.9 Å². The van der Waals surface area contributed by atoms with Crippen LogP contribution in [-0.4, -0.2) is 39.3 Å². The summed E-state index contributed by atoms with van der Waals surface area (Å²) in [5.41, 5.74) is 0.881. The van der Waals surface area contributed by atoms with Crippen molar-refractivity contribution in [2.75, 3.05) is 11.9 Å². The molecule has 0 unspecified atom stereocenters. The van der Waals surface area contributed by atoms with Crippen LogP contribution in [0.5, 0.6) is 0 Å². The number of aromatic nitrogens is 3. The van der Waals surface area contributed by atoms with Crippen LogP contribution >= 0.6 is 11.6 Å². The smallest absolute Gasteiger partial charge is 0.319 e. The van der Waals surface area contributed by atoms with Gasteiger partial charge >= 0.3 is 6.03 Å². The zero-order valence-corrected chi connectivity index (χ0v) is 17.0. The quantitative estimate of drug-likeness (QED) is 0.673. The van der Waals surface area contributed by atoms with Crippen LogP contribution in [0.4, 0.5) is 10.5 Å². The van der Waals surface area contributed by atoms with Crippen molar-refractivity contribution in [1.29, 1.82) is 0 Å². The minimum atomic E-state index is -0.337. The van der Waals surface area contributed by atoms with Crippen LogP contribution in [0.25, 0.3) is 0 Å². The number of aryl methyl sites for hydroxylation is 1. The zero-order chi connectivity index (χ0) is 20.2. The monoisotopic (exact) mass is 416 g/mol. The Balaban J connectivity index is 1.30. The van der Waals surface area contributed by atoms with Crippen LogP contribution in [0.3, 0.4) is 0 Å². The molecule has 0 spiro atoms. The molecule has 154 valence electrons. The highest BCUT2D eigenvalue weighted by molar-refractivity contribution is 6.34. The van der Waals surface area contributed by atoms with Crippen LogP contribution in [0.15, 0.2) is 18.2 Å². The summed E-state index contributed by atoms with van der Waals surface area (Å²) in [4.78, 5) is 24.5. The Morgan fingerprint density at radius 3 is 2.86 bits per heavy atom. The molecule has 1 saturated carbocycles. The van der Waals surface area contributed by atoms with Gasteiger partial charge in [0.2, 0.25) is 0 Å². The van der Waals surface area contributed by atoms with E-state index in [1.165, 1.54) is 6.42 Å². The van der Waals surface area contributed by atoms with E-state index in [0.29, 0.717) is 29.2 Å². The Labute approximate surface area is 174 Å². The van der Waals surface area contributed by atoms with Crippen LogP contribution < -0.4 is 16.0 Å². The first-order valence-electron chi connectivity index (χ1n) is 10.2. The number of benzene rings is 1. The molecular weight excluding hydrogens is 392 g/mol. The lowest BCUT2D eigenvalue weighted by atomic mass is 10.2. The van der Waals surface area contributed by atoms with E-state index in [2.05, 4.69) is 30.7 Å². The number of carbonyl (C=O) groups excluding carboxylic acids is 2. The lowest BCUT2D eigenvalue weighted by Gasteiger charge is -2.11. The molecule has 8 nitrogen and oxygen atoms in total. The molecule has 3 N–H and O–H groups in total. The number of hydrogen-bond donors (Lipinski definition) is 3. The maximum Gasteiger partial charge on any atom is 0.319 e. The largest absolute Gasteiger partial charge is 0.349 e. The number of urea groups is 1. The molecule has 9 heteroatoms. The van der Waals surface area contributed by atoms with Gasteiger partial charge in [-0.2, -0.15) is 0 Å². The summed E-state index contributed by atoms with van der Waals surface area (Å²) >= 11 is 6.14. The number of hydrogen-bond acceptors (Lipinski definition) is 4. The third-order valence-corrected chi connectivity index (χ3v) is 5.53. The van der Waals surface area contributed by atoms with Gasteiger partial charge in [0.1, 0.15) is 11.6 Å². The van der Waals surface area contributed by atoms with Crippen molar-refractivity contribution in [2.45, 2.75) is 57.5 Å². The normalized spacial score (nSPS) is 15.9. The molecule has 1 aromatic heterocycles. The Hall–Kier alpha value is -2.61. The molecule has 2 aliphatic rings. The van der Waals surface area contributed by atoms with Gasteiger partial charge in [0.05, 0.1) is 10.6 Å². The fraction of sp³-hybridized carbons (Fsp3) is 0.500. The topological polar surface area (TPSA) is 101 Å². The first-order chi connectivity index (χ1) is 14.1. The second-order valence-electron chi connectivity index (χ2n) is 7.57. The van der Waals surface area contributed by atoms with E-state index >= 15 is 0 Å². The molecular formula is C20H25ClN6O2. The average molecular weight is 417 g/mol. The molecule has 1 fully saturated rings. The average Bonchev–Trinajstić information content (AvgIpc) is 3.48. The van der Waals surface area contributed by atoms with Gasteiger partial charge in [0.25, 0.3) is 5.91 Å². The van der Waals surface area contributed by atoms with E-state index in [0.717, 1.165) is 50.3 Å². The van der Waals surface area contributed by atoms with Crippen molar-refractivity contribution >= 4 is 29.2 Å². The van der Waals surface area contributed by atoms with Gasteiger partial charge in [-0.15, -0.1) is 10.2 Å². The Morgan fingerprint density at radius 2 is 2.03 bits per heavy atom. The molecule has 0 bridgehead atoms. The van der Waals surface area contributed by atoms with Crippen molar-refractivity contribution in [2.24, 2.45) is 0 Å². The highest BCUT2D eigenvalue weighted by Crippen LogP contribution is 2.24. The zero-order valence-electron chi connectivity index (χ0n) is 16.2. The van der Waals surface area contributed by atoms with E-state index < -0.39 is 0 Å². The van der Waals surface area contributed by atoms with Gasteiger partial charge in [0.15, 0.2) is 0 Å². The van der Waals surface area contributed by atoms with Gasteiger partial charge < -0.3 is 20.5 Å². The van der Waals surface area contributed by atoms with Crippen LogP contribution in [-0.2, 0) is 19.4 Å². The first kappa shape index (κ1) is 19.7. The van der Waals surface area contributed by atoms with E-state index in [1.807, 2.05) is 0 Å². The second kappa shape index (κ2) is 8.82. The molecule has 1 aliphatic carbocycles. The third-order valence-electron chi connectivity index (χ3n) is 5.20. The summed E-state index contributed by atoms with van der Waals surface area (Å²) in [7, 11) is 0. The summed E-state index contributed by atoms with van der Waals surface area (Å²) in [5.74, 6) is 1.74. The predicted molar refractivity (Wildman–Crippen MR) is 110 cm³/mol. The number of amides is 3. The van der Waals surface area contributed by atoms with Crippen molar-refractivity contribution in [3.63, 3.8) is 0 Å². The SMILES string of the molecule is O=C(NCCc1nnc2n1CCCCC2)Nc1ccc(Cl)c(C(=O)NC2CC2)c1. The molecule has 4 rings (SSSR count). The van der Waals surface area contributed by atoms with Crippen LogP contribution in [0, 0.1) is 0 Å². The summed E-state index contributed by atoms with van der Waals surface area (Å²) in [6, 6.07) is 4.79. The standard InChI is InChI=1S/C20H25ClN6O2/c21-16-8-7-14(12-15(16)19(28)23-13-5-6-13)24-20(29)22-10-9-18-26-25-17-4-2-1-3-11-27(17)18/h7-8,12-13H,1-6,9-11H2,(H,23,28)(H2,22,24,29). The fourth-order valence-electron chi connectivity index (χ4n) is 3.46. The Bertz CT molecular complexity index is 908. The number of carbonyl (C=O) groups is 2. The number of anilines is 1. The van der Waals surface area contributed by atoms with Crippen LogP contribution in [0.2, 0.25) is 5.02 Å². The van der Waals surface area contributed by atoms with E-state index in [4.69, 9.17) is 11.6 Å². The molecule has 1 aromatic carbocycles. The number of nitrogens with zero attached hydrogens (tertiary/aromatic N) is 3. The Morgan fingerprint density at radius 1 is 1.17 bits per heavy atom. The highest BCUT2D eigenvalue weighted by Gasteiger charge is 2.25. The highest BCUT2D eigenvalue weighted by atomic mass is 35.5. The molecule has 29 heavy (non-hydrogen) atoms. The third kappa shape index (κ3) is 5.06. The number of nitrogens with one attached hydrogen (secondary N) is 3. The van der Waals surface area contributed by atoms with Gasteiger partial charge in [0, 0.05) is 37.7 Å². The molecule has 0 atom stereocenters. The summed E-state index contributed by atoms with van der Waals surface area (Å²) in [5, 5.41) is 17.4. The van der Waals surface area contributed by atoms with Crippen molar-refractivity contribution in [3.05, 3.63) is 40.4 Å². The molecule has 3 amide bonds. The van der Waals surface area contributed by atoms with Crippen molar-refractivity contribution in [3.8, 4) is 0 Å². The Kier molecular flexibility index (Phi) is 5.99. The number of rotatable bonds is 6. The maximum atomic E-state index is 12.3. The van der Waals surface area contributed by atoms with Gasteiger partial charge in [-0.25, -0.2) is 4.79 Å². The van der Waals surface area contributed by atoms with Gasteiger partial charge in [-0.3, -0.25) is 4.79 Å². The number of halogens is 1. The van der Waals surface area contributed by atoms with Crippen molar-refractivity contribution in [1.82, 2.24) is 25.4 Å². The first-order valence-corrected chi connectivity index (χ1v) is 10.5. The molecule has 2 aromatic rings. The summed E-state index contributed by atoms with van der Waals surface area (Å²) in [6.07, 6.45) is 7.09. The van der Waals surface area contributed by atoms with Crippen molar-refractivity contribution < 1.29 is 9.59 Å². The lowest BCUT2D eigenvalue weighted by Crippen LogP contribution is -2.31. The number of fused-ring (bicyclic) bond motifs is 1. The molecule has 2 heterocycles. The summed E-state index contributed by atoms with van der Waals surface area (Å²) < 4.78 is 2.18. The fourth-order valence-corrected chi connectivity index (χ4v) is 3.66. The summed E-state index contributed by atoms with van der Waals surface area (Å²) in [6.45, 7) is 1.40. The minimum Gasteiger partial charge on any atom is -0.349 e. The predicted octanol–water partition coefficient (Wildman–Crippen LogP) is 2.91. The lowest BCUT2D eigenvalue weighted by molar-refractivity contribution is 0.0951.